The predicted octanol–water partition coefficient (Wildman–Crippen LogP) is 3.60. The second kappa shape index (κ2) is 6.22. The summed E-state index contributed by atoms with van der Waals surface area (Å²) >= 11 is 6.09. The van der Waals surface area contributed by atoms with Gasteiger partial charge in [0.15, 0.2) is 5.15 Å². The maximum Gasteiger partial charge on any atom is 0.257 e. The van der Waals surface area contributed by atoms with Crippen molar-refractivity contribution in [2.75, 3.05) is 5.32 Å². The van der Waals surface area contributed by atoms with Crippen LogP contribution >= 0.6 is 11.6 Å². The van der Waals surface area contributed by atoms with E-state index in [4.69, 9.17) is 11.6 Å². The van der Waals surface area contributed by atoms with Gasteiger partial charge in [-0.1, -0.05) is 29.8 Å². The average Bonchev–Trinajstić information content (AvgIpc) is 2.93. The number of para-hydroxylation sites is 1. The van der Waals surface area contributed by atoms with Gasteiger partial charge in [0.1, 0.15) is 5.78 Å². The number of aromatic amines is 1. The summed E-state index contributed by atoms with van der Waals surface area (Å²) < 4.78 is 0. The molecule has 5 nitrogen and oxygen atoms in total. The summed E-state index contributed by atoms with van der Waals surface area (Å²) in [5.74, 6) is -0.269. The van der Waals surface area contributed by atoms with Gasteiger partial charge in [-0.2, -0.15) is 0 Å². The van der Waals surface area contributed by atoms with Crippen molar-refractivity contribution in [3.05, 3.63) is 59.0 Å². The Morgan fingerprint density at radius 1 is 1.22 bits per heavy atom. The zero-order chi connectivity index (χ0) is 16.4. The molecule has 0 unspecified atom stereocenters. The van der Waals surface area contributed by atoms with E-state index in [9.17, 15) is 9.59 Å². The predicted molar refractivity (Wildman–Crippen MR) is 89.9 cm³/mol. The monoisotopic (exact) mass is 327 g/mol. The van der Waals surface area contributed by atoms with Crippen molar-refractivity contribution >= 4 is 39.9 Å². The van der Waals surface area contributed by atoms with Crippen LogP contribution in [0.1, 0.15) is 23.0 Å². The zero-order valence-corrected chi connectivity index (χ0v) is 13.1. The molecule has 0 atom stereocenters. The number of carbonyl (C=O) groups is 2. The fraction of sp³-hybridized carbons (Fsp3) is 0.118. The van der Waals surface area contributed by atoms with Gasteiger partial charge in [0, 0.05) is 29.2 Å². The topological polar surface area (TPSA) is 74.8 Å². The third-order valence-corrected chi connectivity index (χ3v) is 3.71. The van der Waals surface area contributed by atoms with Crippen LogP contribution in [0.5, 0.6) is 0 Å². The molecule has 0 saturated heterocycles. The summed E-state index contributed by atoms with van der Waals surface area (Å²) in [5, 5.41) is 3.75. The Balaban J connectivity index is 1.84. The number of benzene rings is 1. The molecule has 2 aromatic heterocycles. The number of hydrogen-bond donors (Lipinski definition) is 2. The van der Waals surface area contributed by atoms with Crippen LogP contribution < -0.4 is 5.32 Å². The molecule has 0 spiro atoms. The number of rotatable bonds is 4. The van der Waals surface area contributed by atoms with E-state index in [0.717, 1.165) is 10.9 Å². The molecule has 0 fully saturated rings. The number of aromatic nitrogens is 2. The number of halogens is 1. The molecule has 116 valence electrons. The third-order valence-electron chi connectivity index (χ3n) is 3.42. The van der Waals surface area contributed by atoms with Crippen molar-refractivity contribution in [2.24, 2.45) is 0 Å². The van der Waals surface area contributed by atoms with Crippen molar-refractivity contribution in [3.8, 4) is 0 Å². The normalized spacial score (nSPS) is 10.7. The number of Topliss-reactive ketones (excluding diaryl/α,β-unsaturated/α-hetero) is 1. The number of hydrogen-bond acceptors (Lipinski definition) is 3. The van der Waals surface area contributed by atoms with Gasteiger partial charge in [-0.15, -0.1) is 0 Å². The van der Waals surface area contributed by atoms with Gasteiger partial charge >= 0.3 is 0 Å². The number of pyridine rings is 1. The molecule has 0 radical (unpaired) electrons. The Morgan fingerprint density at radius 3 is 2.74 bits per heavy atom. The molecule has 1 aromatic carbocycles. The lowest BCUT2D eigenvalue weighted by Gasteiger charge is -2.07. The minimum atomic E-state index is -0.273. The second-order valence-corrected chi connectivity index (χ2v) is 5.58. The van der Waals surface area contributed by atoms with Crippen molar-refractivity contribution < 1.29 is 9.59 Å². The average molecular weight is 328 g/mol. The summed E-state index contributed by atoms with van der Waals surface area (Å²) in [6.45, 7) is 1.49. The summed E-state index contributed by atoms with van der Waals surface area (Å²) in [7, 11) is 0. The van der Waals surface area contributed by atoms with Crippen molar-refractivity contribution in [1.29, 1.82) is 0 Å². The number of ketones is 1. The minimum Gasteiger partial charge on any atom is -0.360 e. The van der Waals surface area contributed by atoms with Crippen LogP contribution in [0.25, 0.3) is 10.9 Å². The maximum absolute atomic E-state index is 12.4. The van der Waals surface area contributed by atoms with E-state index in [1.807, 2.05) is 24.3 Å². The van der Waals surface area contributed by atoms with Crippen LogP contribution in [0.15, 0.2) is 42.6 Å². The Morgan fingerprint density at radius 2 is 2.00 bits per heavy atom. The molecule has 0 aliphatic heterocycles. The van der Waals surface area contributed by atoms with Crippen molar-refractivity contribution in [3.63, 3.8) is 0 Å². The lowest BCUT2D eigenvalue weighted by Crippen LogP contribution is -2.12. The number of nitrogens with one attached hydrogen (secondary N) is 2. The van der Waals surface area contributed by atoms with Crippen LogP contribution in [-0.4, -0.2) is 21.7 Å². The lowest BCUT2D eigenvalue weighted by molar-refractivity contribution is -0.116. The highest BCUT2D eigenvalue weighted by Crippen LogP contribution is 2.23. The molecule has 0 saturated carbocycles. The van der Waals surface area contributed by atoms with E-state index in [0.29, 0.717) is 16.9 Å². The quantitative estimate of drug-likeness (QED) is 0.719. The van der Waals surface area contributed by atoms with Crippen molar-refractivity contribution in [1.82, 2.24) is 9.97 Å². The first-order valence-corrected chi connectivity index (χ1v) is 7.44. The minimum absolute atomic E-state index is 0.00384. The smallest absolute Gasteiger partial charge is 0.257 e. The Hall–Kier alpha value is -2.66. The summed E-state index contributed by atoms with van der Waals surface area (Å²) in [4.78, 5) is 30.7. The first-order chi connectivity index (χ1) is 11.0. The van der Waals surface area contributed by atoms with E-state index < -0.39 is 0 Å². The molecule has 2 heterocycles. The summed E-state index contributed by atoms with van der Waals surface area (Å²) in [6.07, 6.45) is 1.88. The van der Waals surface area contributed by atoms with Gasteiger partial charge in [0.05, 0.1) is 11.3 Å². The van der Waals surface area contributed by atoms with Crippen LogP contribution in [-0.2, 0) is 11.2 Å². The third kappa shape index (κ3) is 3.24. The fourth-order valence-corrected chi connectivity index (χ4v) is 2.59. The van der Waals surface area contributed by atoms with Gasteiger partial charge in [0.25, 0.3) is 5.91 Å². The van der Waals surface area contributed by atoms with Crippen LogP contribution in [0.3, 0.4) is 0 Å². The number of fused-ring (bicyclic) bond motifs is 1. The molecule has 2 N–H and O–H groups in total. The SMILES string of the molecule is CC(=O)Cc1ccc(NC(=O)c2c[nH]c3ccccc23)c(Cl)n1. The Labute approximate surface area is 137 Å². The van der Waals surface area contributed by atoms with E-state index in [2.05, 4.69) is 15.3 Å². The van der Waals surface area contributed by atoms with Gasteiger partial charge in [-0.05, 0) is 25.1 Å². The number of nitrogens with zero attached hydrogens (tertiary/aromatic N) is 1. The van der Waals surface area contributed by atoms with Crippen molar-refractivity contribution in [2.45, 2.75) is 13.3 Å². The maximum atomic E-state index is 12.4. The zero-order valence-electron chi connectivity index (χ0n) is 12.4. The van der Waals surface area contributed by atoms with Crippen LogP contribution in [0, 0.1) is 0 Å². The Bertz CT molecular complexity index is 902. The highest BCUT2D eigenvalue weighted by atomic mass is 35.5. The van der Waals surface area contributed by atoms with Gasteiger partial charge in [0.2, 0.25) is 0 Å². The fourth-order valence-electron chi connectivity index (χ4n) is 2.37. The number of anilines is 1. The summed E-state index contributed by atoms with van der Waals surface area (Å²) in [6, 6.07) is 10.9. The molecular weight excluding hydrogens is 314 g/mol. The highest BCUT2D eigenvalue weighted by molar-refractivity contribution is 6.32. The van der Waals surface area contributed by atoms with E-state index in [1.54, 1.807) is 18.3 Å². The molecule has 0 bridgehead atoms. The number of carbonyl (C=O) groups excluding carboxylic acids is 2. The summed E-state index contributed by atoms with van der Waals surface area (Å²) in [5.41, 5.74) is 2.41. The molecule has 23 heavy (non-hydrogen) atoms. The van der Waals surface area contributed by atoms with E-state index >= 15 is 0 Å². The largest absolute Gasteiger partial charge is 0.360 e. The van der Waals surface area contributed by atoms with Crippen LogP contribution in [0.2, 0.25) is 5.15 Å². The number of amides is 1. The standard InChI is InChI=1S/C17H14ClN3O2/c1-10(22)8-11-6-7-15(16(18)20-11)21-17(23)13-9-19-14-5-3-2-4-12(13)14/h2-7,9,19H,8H2,1H3,(H,21,23). The molecular formula is C17H14ClN3O2. The molecule has 6 heteroatoms. The highest BCUT2D eigenvalue weighted by Gasteiger charge is 2.14. The molecule has 3 rings (SSSR count). The molecule has 0 aliphatic rings. The van der Waals surface area contributed by atoms with E-state index in [1.165, 1.54) is 6.92 Å². The molecule has 1 amide bonds. The van der Waals surface area contributed by atoms with Gasteiger partial charge in [-0.25, -0.2) is 4.98 Å². The lowest BCUT2D eigenvalue weighted by atomic mass is 10.1. The first-order valence-electron chi connectivity index (χ1n) is 7.07. The van der Waals surface area contributed by atoms with Crippen LogP contribution in [0.4, 0.5) is 5.69 Å². The van der Waals surface area contributed by atoms with E-state index in [-0.39, 0.29) is 23.3 Å². The molecule has 3 aromatic rings. The molecule has 0 aliphatic carbocycles. The Kier molecular flexibility index (Phi) is 4.12. The second-order valence-electron chi connectivity index (χ2n) is 5.22. The first kappa shape index (κ1) is 15.2. The van der Waals surface area contributed by atoms with Gasteiger partial charge in [-0.3, -0.25) is 9.59 Å². The van der Waals surface area contributed by atoms with Gasteiger partial charge < -0.3 is 10.3 Å². The number of H-pyrrole nitrogens is 1.